The molecule has 0 aliphatic carbocycles. The summed E-state index contributed by atoms with van der Waals surface area (Å²) in [4.78, 5) is 29.0. The average molecular weight is 362 g/mol. The van der Waals surface area contributed by atoms with Gasteiger partial charge in [0.25, 0.3) is 0 Å². The van der Waals surface area contributed by atoms with Gasteiger partial charge in [-0.3, -0.25) is 0 Å². The predicted molar refractivity (Wildman–Crippen MR) is 94.1 cm³/mol. The Hall–Kier alpha value is -2.45. The third kappa shape index (κ3) is 3.55. The Morgan fingerprint density at radius 2 is 1.96 bits per heavy atom. The Balaban J connectivity index is 1.72. The number of thiazole rings is 1. The van der Waals surface area contributed by atoms with Crippen LogP contribution in [-0.2, 0) is 14.3 Å². The molecule has 2 aromatic heterocycles. The Kier molecular flexibility index (Phi) is 4.77. The standard InChI is InChI=1S/C16H14N2O4S2/c1-9(14(19)21-2)22-15(20)12-8-11-13(23-12)18-16(24-11)17-10-6-4-3-5-7-10/h3-9H,1-2H3,(H,17,18)/t9-/m1/s1. The van der Waals surface area contributed by atoms with Crippen molar-refractivity contribution in [3.63, 3.8) is 0 Å². The maximum absolute atomic E-state index is 12.1. The summed E-state index contributed by atoms with van der Waals surface area (Å²) in [6.07, 6.45) is -0.939. The van der Waals surface area contributed by atoms with Crippen molar-refractivity contribution in [3.05, 3.63) is 41.3 Å². The van der Waals surface area contributed by atoms with Crippen LogP contribution in [0, 0.1) is 0 Å². The molecule has 0 aliphatic rings. The molecule has 0 spiro atoms. The lowest BCUT2D eigenvalue weighted by Gasteiger charge is -2.09. The van der Waals surface area contributed by atoms with Gasteiger partial charge in [0.05, 0.1) is 11.8 Å². The minimum absolute atomic E-state index is 0.408. The van der Waals surface area contributed by atoms with E-state index in [9.17, 15) is 9.59 Å². The summed E-state index contributed by atoms with van der Waals surface area (Å²) < 4.78 is 10.5. The summed E-state index contributed by atoms with van der Waals surface area (Å²) >= 11 is 2.68. The second kappa shape index (κ2) is 6.98. The van der Waals surface area contributed by atoms with Gasteiger partial charge in [-0.15, -0.1) is 11.3 Å². The Morgan fingerprint density at radius 1 is 1.21 bits per heavy atom. The highest BCUT2D eigenvalue weighted by Gasteiger charge is 2.21. The fraction of sp³-hybridized carbons (Fsp3) is 0.188. The Morgan fingerprint density at radius 3 is 2.62 bits per heavy atom. The lowest BCUT2D eigenvalue weighted by Crippen LogP contribution is -2.24. The fourth-order valence-electron chi connectivity index (χ4n) is 1.97. The van der Waals surface area contributed by atoms with E-state index < -0.39 is 18.0 Å². The minimum Gasteiger partial charge on any atom is -0.466 e. The molecular weight excluding hydrogens is 348 g/mol. The van der Waals surface area contributed by atoms with Gasteiger partial charge in [-0.25, -0.2) is 14.6 Å². The van der Waals surface area contributed by atoms with Crippen LogP contribution in [0.1, 0.15) is 16.6 Å². The topological polar surface area (TPSA) is 77.5 Å². The highest BCUT2D eigenvalue weighted by atomic mass is 32.1. The van der Waals surface area contributed by atoms with Crippen LogP contribution in [0.5, 0.6) is 0 Å². The summed E-state index contributed by atoms with van der Waals surface area (Å²) in [6.45, 7) is 1.47. The zero-order chi connectivity index (χ0) is 17.1. The number of para-hydroxylation sites is 1. The van der Waals surface area contributed by atoms with Crippen molar-refractivity contribution in [1.29, 1.82) is 0 Å². The third-order valence-electron chi connectivity index (χ3n) is 3.13. The zero-order valence-corrected chi connectivity index (χ0v) is 14.6. The van der Waals surface area contributed by atoms with Crippen molar-refractivity contribution in [2.24, 2.45) is 0 Å². The molecule has 8 heteroatoms. The smallest absolute Gasteiger partial charge is 0.349 e. The number of fused-ring (bicyclic) bond motifs is 1. The van der Waals surface area contributed by atoms with Gasteiger partial charge in [0, 0.05) is 5.69 Å². The molecule has 3 rings (SSSR count). The number of esters is 2. The summed E-state index contributed by atoms with van der Waals surface area (Å²) in [5.74, 6) is -1.14. The van der Waals surface area contributed by atoms with Crippen molar-refractivity contribution in [2.45, 2.75) is 13.0 Å². The summed E-state index contributed by atoms with van der Waals surface area (Å²) in [5, 5.41) is 3.97. The van der Waals surface area contributed by atoms with E-state index >= 15 is 0 Å². The van der Waals surface area contributed by atoms with Crippen molar-refractivity contribution < 1.29 is 19.1 Å². The lowest BCUT2D eigenvalue weighted by atomic mass is 10.3. The summed E-state index contributed by atoms with van der Waals surface area (Å²) in [6, 6.07) is 11.4. The van der Waals surface area contributed by atoms with Crippen molar-refractivity contribution in [3.8, 4) is 0 Å². The van der Waals surface area contributed by atoms with E-state index in [1.165, 1.54) is 36.7 Å². The lowest BCUT2D eigenvalue weighted by molar-refractivity contribution is -0.149. The molecule has 0 amide bonds. The Bertz CT molecular complexity index is 841. The van der Waals surface area contributed by atoms with Gasteiger partial charge in [0.15, 0.2) is 11.2 Å². The number of anilines is 2. The van der Waals surface area contributed by atoms with E-state index in [2.05, 4.69) is 15.0 Å². The number of hydrogen-bond acceptors (Lipinski definition) is 8. The fourth-order valence-corrected chi connectivity index (χ4v) is 3.99. The van der Waals surface area contributed by atoms with E-state index in [-0.39, 0.29) is 0 Å². The molecule has 0 bridgehead atoms. The van der Waals surface area contributed by atoms with Gasteiger partial charge < -0.3 is 14.8 Å². The zero-order valence-electron chi connectivity index (χ0n) is 12.9. The molecule has 1 aromatic carbocycles. The quantitative estimate of drug-likeness (QED) is 0.695. The molecule has 6 nitrogen and oxygen atoms in total. The Labute approximate surface area is 146 Å². The number of ether oxygens (including phenoxy) is 2. The molecule has 0 unspecified atom stereocenters. The monoisotopic (exact) mass is 362 g/mol. The average Bonchev–Trinajstić information content (AvgIpc) is 3.13. The molecule has 124 valence electrons. The molecule has 0 saturated heterocycles. The maximum Gasteiger partial charge on any atom is 0.349 e. The number of aromatic nitrogens is 1. The van der Waals surface area contributed by atoms with Crippen LogP contribution in [-0.4, -0.2) is 30.1 Å². The molecule has 1 N–H and O–H groups in total. The largest absolute Gasteiger partial charge is 0.466 e. The molecule has 0 saturated carbocycles. The number of hydrogen-bond donors (Lipinski definition) is 1. The van der Waals surface area contributed by atoms with Gasteiger partial charge in [0.1, 0.15) is 9.71 Å². The van der Waals surface area contributed by atoms with Crippen LogP contribution < -0.4 is 5.32 Å². The van der Waals surface area contributed by atoms with Crippen LogP contribution in [0.15, 0.2) is 36.4 Å². The van der Waals surface area contributed by atoms with Crippen LogP contribution in [0.25, 0.3) is 9.53 Å². The van der Waals surface area contributed by atoms with Crippen LogP contribution in [0.3, 0.4) is 0 Å². The van der Waals surface area contributed by atoms with Crippen molar-refractivity contribution >= 4 is 55.0 Å². The number of benzene rings is 1. The molecule has 24 heavy (non-hydrogen) atoms. The first-order valence-corrected chi connectivity index (χ1v) is 8.71. The molecule has 0 aliphatic heterocycles. The SMILES string of the molecule is COC(=O)[C@@H](C)OC(=O)c1cc2sc(Nc3ccccc3)nc2s1. The number of nitrogens with one attached hydrogen (secondary N) is 1. The summed E-state index contributed by atoms with van der Waals surface area (Å²) in [7, 11) is 1.25. The number of nitrogens with zero attached hydrogens (tertiary/aromatic N) is 1. The number of carbonyl (C=O) groups excluding carboxylic acids is 2. The first kappa shape index (κ1) is 16.4. The van der Waals surface area contributed by atoms with Gasteiger partial charge in [-0.1, -0.05) is 29.5 Å². The normalized spacial score (nSPS) is 11.9. The summed E-state index contributed by atoms with van der Waals surface area (Å²) in [5.41, 5.74) is 0.949. The molecule has 3 aromatic rings. The van der Waals surface area contributed by atoms with Crippen molar-refractivity contribution in [1.82, 2.24) is 4.98 Å². The first-order valence-electron chi connectivity index (χ1n) is 7.08. The van der Waals surface area contributed by atoms with Gasteiger partial charge in [-0.2, -0.15) is 0 Å². The maximum atomic E-state index is 12.1. The van der Waals surface area contributed by atoms with Gasteiger partial charge in [0.2, 0.25) is 0 Å². The highest BCUT2D eigenvalue weighted by molar-refractivity contribution is 7.29. The first-order chi connectivity index (χ1) is 11.6. The van der Waals surface area contributed by atoms with E-state index in [4.69, 9.17) is 4.74 Å². The second-order valence-corrected chi connectivity index (χ2v) is 6.92. The molecule has 1 atom stereocenters. The van der Waals surface area contributed by atoms with E-state index in [0.717, 1.165) is 20.3 Å². The van der Waals surface area contributed by atoms with Crippen LogP contribution in [0.2, 0.25) is 0 Å². The number of rotatable bonds is 5. The predicted octanol–water partition coefficient (Wildman–Crippen LogP) is 3.82. The van der Waals surface area contributed by atoms with Crippen molar-refractivity contribution in [2.75, 3.05) is 12.4 Å². The molecule has 0 radical (unpaired) electrons. The van der Waals surface area contributed by atoms with Crippen LogP contribution >= 0.6 is 22.7 Å². The highest BCUT2D eigenvalue weighted by Crippen LogP contribution is 2.34. The van der Waals surface area contributed by atoms with Gasteiger partial charge >= 0.3 is 11.9 Å². The molecular formula is C16H14N2O4S2. The second-order valence-electron chi connectivity index (χ2n) is 4.86. The third-order valence-corrected chi connectivity index (χ3v) is 5.19. The number of thiophene rings is 1. The number of methoxy groups -OCH3 is 1. The molecule has 0 fully saturated rings. The number of carbonyl (C=O) groups is 2. The van der Waals surface area contributed by atoms with Crippen LogP contribution in [0.4, 0.5) is 10.8 Å². The van der Waals surface area contributed by atoms with E-state index in [0.29, 0.717) is 4.88 Å². The van der Waals surface area contributed by atoms with E-state index in [1.54, 1.807) is 6.07 Å². The minimum atomic E-state index is -0.939. The van der Waals surface area contributed by atoms with E-state index in [1.807, 2.05) is 30.3 Å². The molecule has 2 heterocycles. The van der Waals surface area contributed by atoms with Gasteiger partial charge in [-0.05, 0) is 25.1 Å².